The summed E-state index contributed by atoms with van der Waals surface area (Å²) in [5.41, 5.74) is 1.24. The van der Waals surface area contributed by atoms with Gasteiger partial charge in [-0.3, -0.25) is 4.98 Å². The highest BCUT2D eigenvalue weighted by Crippen LogP contribution is 2.43. The fourth-order valence-electron chi connectivity index (χ4n) is 4.09. The molecular formula is C17H25ClN2O. The van der Waals surface area contributed by atoms with Crippen molar-refractivity contribution in [2.45, 2.75) is 56.6 Å². The van der Waals surface area contributed by atoms with E-state index in [0.29, 0.717) is 17.0 Å². The second-order valence-electron chi connectivity index (χ2n) is 6.51. The Hall–Kier alpha value is -0.640. The number of nitrogens with zero attached hydrogens (tertiary/aromatic N) is 1. The van der Waals surface area contributed by atoms with Gasteiger partial charge >= 0.3 is 0 Å². The SMILES string of the molecule is CNC(c1ccc(Cl)cn1)C1CCOC2(CCCCC2)C1. The zero-order chi connectivity index (χ0) is 14.7. The van der Waals surface area contributed by atoms with Crippen LogP contribution < -0.4 is 5.32 Å². The van der Waals surface area contributed by atoms with Gasteiger partial charge in [-0.05, 0) is 50.8 Å². The molecule has 1 saturated heterocycles. The van der Waals surface area contributed by atoms with Crippen molar-refractivity contribution in [3.63, 3.8) is 0 Å². The first-order valence-corrected chi connectivity index (χ1v) is 8.53. The highest BCUT2D eigenvalue weighted by atomic mass is 35.5. The standard InChI is InChI=1S/C17H25ClN2O/c1-19-16(15-6-5-14(18)12-20-15)13-7-10-21-17(11-13)8-3-2-4-9-17/h5-6,12-13,16,19H,2-4,7-11H2,1H3. The van der Waals surface area contributed by atoms with E-state index in [1.165, 1.54) is 32.1 Å². The van der Waals surface area contributed by atoms with E-state index in [-0.39, 0.29) is 5.60 Å². The third-order valence-corrected chi connectivity index (χ3v) is 5.37. The molecule has 1 spiro atoms. The average Bonchev–Trinajstić information content (AvgIpc) is 2.51. The van der Waals surface area contributed by atoms with E-state index >= 15 is 0 Å². The van der Waals surface area contributed by atoms with Crippen molar-refractivity contribution in [3.8, 4) is 0 Å². The minimum absolute atomic E-state index is 0.142. The summed E-state index contributed by atoms with van der Waals surface area (Å²) in [7, 11) is 2.03. The predicted octanol–water partition coefficient (Wildman–Crippen LogP) is 4.13. The molecule has 0 radical (unpaired) electrons. The molecule has 1 aromatic rings. The van der Waals surface area contributed by atoms with Gasteiger partial charge in [0.25, 0.3) is 0 Å². The molecule has 21 heavy (non-hydrogen) atoms. The van der Waals surface area contributed by atoms with Gasteiger partial charge in [-0.1, -0.05) is 30.9 Å². The number of ether oxygens (including phenoxy) is 1. The van der Waals surface area contributed by atoms with Crippen molar-refractivity contribution in [3.05, 3.63) is 29.0 Å². The summed E-state index contributed by atoms with van der Waals surface area (Å²) in [5.74, 6) is 0.593. The van der Waals surface area contributed by atoms with Crippen molar-refractivity contribution in [1.82, 2.24) is 10.3 Å². The lowest BCUT2D eigenvalue weighted by molar-refractivity contribution is -0.122. The third kappa shape index (κ3) is 3.41. The Morgan fingerprint density at radius 1 is 1.33 bits per heavy atom. The van der Waals surface area contributed by atoms with Gasteiger partial charge in [0.05, 0.1) is 22.4 Å². The van der Waals surface area contributed by atoms with Gasteiger partial charge in [0.1, 0.15) is 0 Å². The molecule has 1 aromatic heterocycles. The van der Waals surface area contributed by atoms with Gasteiger partial charge in [-0.25, -0.2) is 0 Å². The molecule has 1 aliphatic heterocycles. The van der Waals surface area contributed by atoms with Gasteiger partial charge in [-0.15, -0.1) is 0 Å². The van der Waals surface area contributed by atoms with E-state index in [9.17, 15) is 0 Å². The molecule has 2 fully saturated rings. The summed E-state index contributed by atoms with van der Waals surface area (Å²) in [5, 5.41) is 4.17. The lowest BCUT2D eigenvalue weighted by Gasteiger charge is -2.45. The lowest BCUT2D eigenvalue weighted by atomic mass is 9.73. The van der Waals surface area contributed by atoms with Crippen molar-refractivity contribution in [2.75, 3.05) is 13.7 Å². The maximum Gasteiger partial charge on any atom is 0.0686 e. The number of rotatable bonds is 3. The van der Waals surface area contributed by atoms with Gasteiger partial charge in [0.15, 0.2) is 0 Å². The molecule has 4 heteroatoms. The van der Waals surface area contributed by atoms with Gasteiger partial charge in [-0.2, -0.15) is 0 Å². The topological polar surface area (TPSA) is 34.2 Å². The van der Waals surface area contributed by atoms with Crippen LogP contribution in [0.5, 0.6) is 0 Å². The Kier molecular flexibility index (Phi) is 4.82. The van der Waals surface area contributed by atoms with Crippen LogP contribution in [0.2, 0.25) is 5.02 Å². The molecule has 3 nitrogen and oxygen atoms in total. The largest absolute Gasteiger partial charge is 0.375 e. The number of halogens is 1. The summed E-state index contributed by atoms with van der Waals surface area (Å²) in [6.45, 7) is 0.885. The van der Waals surface area contributed by atoms with Gasteiger partial charge in [0, 0.05) is 12.8 Å². The fourth-order valence-corrected chi connectivity index (χ4v) is 4.20. The molecule has 0 aromatic carbocycles. The Balaban J connectivity index is 1.75. The normalized spacial score (nSPS) is 26.7. The van der Waals surface area contributed by atoms with E-state index < -0.39 is 0 Å². The van der Waals surface area contributed by atoms with E-state index in [1.54, 1.807) is 6.20 Å². The molecule has 3 rings (SSSR count). The fraction of sp³-hybridized carbons (Fsp3) is 0.706. The first-order valence-electron chi connectivity index (χ1n) is 8.15. The summed E-state index contributed by atoms with van der Waals surface area (Å²) >= 11 is 5.96. The highest BCUT2D eigenvalue weighted by molar-refractivity contribution is 6.30. The van der Waals surface area contributed by atoms with Crippen molar-refractivity contribution >= 4 is 11.6 Å². The third-order valence-electron chi connectivity index (χ3n) is 5.15. The molecular weight excluding hydrogens is 284 g/mol. The summed E-state index contributed by atoms with van der Waals surface area (Å²) < 4.78 is 6.22. The van der Waals surface area contributed by atoms with E-state index in [2.05, 4.69) is 10.3 Å². The Morgan fingerprint density at radius 3 is 2.81 bits per heavy atom. The van der Waals surface area contributed by atoms with Crippen LogP contribution in [-0.4, -0.2) is 24.2 Å². The van der Waals surface area contributed by atoms with Crippen LogP contribution in [0.3, 0.4) is 0 Å². The number of aromatic nitrogens is 1. The highest BCUT2D eigenvalue weighted by Gasteiger charge is 2.41. The van der Waals surface area contributed by atoms with Gasteiger partial charge in [0.2, 0.25) is 0 Å². The number of hydrogen-bond donors (Lipinski definition) is 1. The van der Waals surface area contributed by atoms with Crippen LogP contribution in [0.15, 0.2) is 18.3 Å². The smallest absolute Gasteiger partial charge is 0.0686 e. The Morgan fingerprint density at radius 2 is 2.14 bits per heavy atom. The van der Waals surface area contributed by atoms with Crippen molar-refractivity contribution < 1.29 is 4.74 Å². The summed E-state index contributed by atoms with van der Waals surface area (Å²) in [4.78, 5) is 4.52. The molecule has 1 N–H and O–H groups in total. The van der Waals surface area contributed by atoms with Gasteiger partial charge < -0.3 is 10.1 Å². The van der Waals surface area contributed by atoms with E-state index in [0.717, 1.165) is 25.1 Å². The minimum atomic E-state index is 0.142. The van der Waals surface area contributed by atoms with E-state index in [1.807, 2.05) is 19.2 Å². The number of pyridine rings is 1. The molecule has 2 atom stereocenters. The zero-order valence-electron chi connectivity index (χ0n) is 12.8. The van der Waals surface area contributed by atoms with Crippen LogP contribution in [0, 0.1) is 5.92 Å². The monoisotopic (exact) mass is 308 g/mol. The van der Waals surface area contributed by atoms with Crippen molar-refractivity contribution in [1.29, 1.82) is 0 Å². The zero-order valence-corrected chi connectivity index (χ0v) is 13.5. The van der Waals surface area contributed by atoms with Crippen LogP contribution in [0.25, 0.3) is 0 Å². The number of hydrogen-bond acceptors (Lipinski definition) is 3. The molecule has 0 bridgehead atoms. The molecule has 0 amide bonds. The Labute approximate surface area is 132 Å². The molecule has 2 heterocycles. The van der Waals surface area contributed by atoms with Crippen LogP contribution in [0.1, 0.15) is 56.7 Å². The maximum atomic E-state index is 6.22. The molecule has 2 aliphatic rings. The van der Waals surface area contributed by atoms with Crippen LogP contribution in [0.4, 0.5) is 0 Å². The number of nitrogens with one attached hydrogen (secondary N) is 1. The summed E-state index contributed by atoms with van der Waals surface area (Å²) in [6.07, 6.45) is 10.5. The predicted molar refractivity (Wildman–Crippen MR) is 85.5 cm³/mol. The average molecular weight is 309 g/mol. The first kappa shape index (κ1) is 15.3. The Bertz CT molecular complexity index is 451. The van der Waals surface area contributed by atoms with Crippen LogP contribution in [-0.2, 0) is 4.74 Å². The molecule has 1 saturated carbocycles. The summed E-state index contributed by atoms with van der Waals surface area (Å²) in [6, 6.07) is 4.28. The van der Waals surface area contributed by atoms with Crippen molar-refractivity contribution in [2.24, 2.45) is 5.92 Å². The molecule has 116 valence electrons. The lowest BCUT2D eigenvalue weighted by Crippen LogP contribution is -2.44. The first-order chi connectivity index (χ1) is 10.2. The maximum absolute atomic E-state index is 6.22. The quantitative estimate of drug-likeness (QED) is 0.912. The van der Waals surface area contributed by atoms with Crippen LogP contribution >= 0.6 is 11.6 Å². The second kappa shape index (κ2) is 6.64. The van der Waals surface area contributed by atoms with E-state index in [4.69, 9.17) is 16.3 Å². The molecule has 1 aliphatic carbocycles. The minimum Gasteiger partial charge on any atom is -0.375 e. The second-order valence-corrected chi connectivity index (χ2v) is 6.95. The molecule has 2 unspecified atom stereocenters.